The Morgan fingerprint density at radius 2 is 1.75 bits per heavy atom. The average molecular weight is 243 g/mol. The zero-order chi connectivity index (χ0) is 8.27. The smallest absolute Gasteiger partial charge is 0.337 e. The molecule has 3 nitrogen and oxygen atoms in total. The molecule has 1 aromatic carbocycles. The predicted octanol–water partition coefficient (Wildman–Crippen LogP) is 0.802. The van der Waals surface area contributed by atoms with Crippen LogP contribution in [-0.2, 0) is 31.0 Å². The maximum absolute atomic E-state index is 10.2. The van der Waals surface area contributed by atoms with Crippen molar-refractivity contribution in [2.45, 2.75) is 6.10 Å². The van der Waals surface area contributed by atoms with Gasteiger partial charge in [-0.05, 0) is 5.56 Å². The Morgan fingerprint density at radius 3 is 2.17 bits per heavy atom. The monoisotopic (exact) mass is 242 g/mol. The summed E-state index contributed by atoms with van der Waals surface area (Å²) >= 11 is 0. The molecule has 0 bridgehead atoms. The van der Waals surface area contributed by atoms with Gasteiger partial charge in [-0.3, -0.25) is 0 Å². The van der Waals surface area contributed by atoms with Crippen molar-refractivity contribution in [3.63, 3.8) is 0 Å². The van der Waals surface area contributed by atoms with Gasteiger partial charge in [-0.25, -0.2) is 4.79 Å². The maximum atomic E-state index is 10.2. The fraction of sp³-hybridized carbons (Fsp3) is 0.125. The number of carboxylic acid groups (broad SMARTS) is 1. The standard InChI is InChI=1S/C8H8O3.Zr/c9-7(8(10)11)6-4-2-1-3-5-6;/h1-5,7,9H,(H,10,11);. The Kier molecular flexibility index (Phi) is 5.02. The fourth-order valence-corrected chi connectivity index (χ4v) is 0.778. The molecule has 62 valence electrons. The number of rotatable bonds is 2. The van der Waals surface area contributed by atoms with Gasteiger partial charge in [0.05, 0.1) is 0 Å². The van der Waals surface area contributed by atoms with Gasteiger partial charge in [0.1, 0.15) is 0 Å². The van der Waals surface area contributed by atoms with Crippen LogP contribution in [-0.4, -0.2) is 16.2 Å². The summed E-state index contributed by atoms with van der Waals surface area (Å²) in [6, 6.07) is 8.26. The van der Waals surface area contributed by atoms with E-state index in [0.717, 1.165) is 0 Å². The van der Waals surface area contributed by atoms with Crippen molar-refractivity contribution in [2.75, 3.05) is 0 Å². The average Bonchev–Trinajstić information content (AvgIpc) is 2.05. The van der Waals surface area contributed by atoms with E-state index in [1.807, 2.05) is 0 Å². The van der Waals surface area contributed by atoms with Crippen LogP contribution < -0.4 is 0 Å². The molecule has 1 atom stereocenters. The molecule has 0 saturated carbocycles. The Morgan fingerprint density at radius 1 is 1.25 bits per heavy atom. The Hall–Kier alpha value is -0.467. The first-order valence-electron chi connectivity index (χ1n) is 3.17. The summed E-state index contributed by atoms with van der Waals surface area (Å²) < 4.78 is 0. The number of carbonyl (C=O) groups is 1. The molecule has 0 saturated heterocycles. The number of aliphatic hydroxyl groups is 1. The molecule has 0 spiro atoms. The van der Waals surface area contributed by atoms with Crippen molar-refractivity contribution in [3.05, 3.63) is 35.9 Å². The van der Waals surface area contributed by atoms with Crippen molar-refractivity contribution in [3.8, 4) is 0 Å². The van der Waals surface area contributed by atoms with Gasteiger partial charge in [-0.1, -0.05) is 30.3 Å². The molecule has 1 unspecified atom stereocenters. The molecule has 1 rings (SSSR count). The van der Waals surface area contributed by atoms with Crippen molar-refractivity contribution in [2.24, 2.45) is 0 Å². The van der Waals surface area contributed by atoms with Gasteiger partial charge in [0.25, 0.3) is 0 Å². The van der Waals surface area contributed by atoms with E-state index in [4.69, 9.17) is 10.2 Å². The van der Waals surface area contributed by atoms with Gasteiger partial charge in [0.2, 0.25) is 0 Å². The summed E-state index contributed by atoms with van der Waals surface area (Å²) in [5.74, 6) is -1.23. The summed E-state index contributed by atoms with van der Waals surface area (Å²) in [6.07, 6.45) is -1.41. The molecule has 2 N–H and O–H groups in total. The molecule has 0 heterocycles. The number of hydrogen-bond donors (Lipinski definition) is 2. The normalized spacial score (nSPS) is 11.4. The third-order valence-corrected chi connectivity index (χ3v) is 1.35. The van der Waals surface area contributed by atoms with Gasteiger partial charge >= 0.3 is 5.97 Å². The molecular weight excluding hydrogens is 235 g/mol. The number of aliphatic carboxylic acids is 1. The van der Waals surface area contributed by atoms with E-state index in [9.17, 15) is 4.79 Å². The molecule has 0 aliphatic rings. The number of benzene rings is 1. The second-order valence-corrected chi connectivity index (χ2v) is 2.15. The van der Waals surface area contributed by atoms with Gasteiger partial charge in [0, 0.05) is 26.2 Å². The van der Waals surface area contributed by atoms with Crippen LogP contribution in [0.5, 0.6) is 0 Å². The first-order chi connectivity index (χ1) is 5.22. The number of hydrogen-bond acceptors (Lipinski definition) is 2. The molecule has 12 heavy (non-hydrogen) atoms. The van der Waals surface area contributed by atoms with Crippen molar-refractivity contribution in [1.82, 2.24) is 0 Å². The molecule has 1 aromatic rings. The Labute approximate surface area is 89.2 Å². The van der Waals surface area contributed by atoms with E-state index in [1.165, 1.54) is 0 Å². The fourth-order valence-electron chi connectivity index (χ4n) is 0.778. The van der Waals surface area contributed by atoms with Crippen LogP contribution in [0.4, 0.5) is 0 Å². The van der Waals surface area contributed by atoms with E-state index < -0.39 is 12.1 Å². The minimum atomic E-state index is -1.41. The van der Waals surface area contributed by atoms with Crippen LogP contribution in [0, 0.1) is 0 Å². The number of aliphatic hydroxyl groups excluding tert-OH is 1. The zero-order valence-corrected chi connectivity index (χ0v) is 8.72. The molecule has 0 fully saturated rings. The number of carboxylic acids is 1. The SMILES string of the molecule is O=C(O)C(O)c1ccccc1.[Zr]. The zero-order valence-electron chi connectivity index (χ0n) is 6.27. The summed E-state index contributed by atoms with van der Waals surface area (Å²) in [6.45, 7) is 0. The largest absolute Gasteiger partial charge is 0.479 e. The van der Waals surface area contributed by atoms with Crippen LogP contribution in [0.1, 0.15) is 11.7 Å². The summed E-state index contributed by atoms with van der Waals surface area (Å²) in [7, 11) is 0. The van der Waals surface area contributed by atoms with Crippen LogP contribution in [0.25, 0.3) is 0 Å². The van der Waals surface area contributed by atoms with Crippen molar-refractivity contribution < 1.29 is 41.2 Å². The molecule has 0 aliphatic carbocycles. The topological polar surface area (TPSA) is 57.5 Å². The van der Waals surface area contributed by atoms with Gasteiger partial charge in [0.15, 0.2) is 6.10 Å². The van der Waals surface area contributed by atoms with Crippen molar-refractivity contribution >= 4 is 5.97 Å². The molecule has 0 aromatic heterocycles. The summed E-state index contributed by atoms with van der Waals surface area (Å²) in [5, 5.41) is 17.4. The van der Waals surface area contributed by atoms with Crippen LogP contribution in [0.15, 0.2) is 30.3 Å². The van der Waals surface area contributed by atoms with Crippen LogP contribution >= 0.6 is 0 Å². The molecule has 0 radical (unpaired) electrons. The second-order valence-electron chi connectivity index (χ2n) is 2.15. The van der Waals surface area contributed by atoms with Gasteiger partial charge < -0.3 is 10.2 Å². The van der Waals surface area contributed by atoms with E-state index in [2.05, 4.69) is 0 Å². The predicted molar refractivity (Wildman–Crippen MR) is 39.0 cm³/mol. The van der Waals surface area contributed by atoms with Crippen LogP contribution in [0.3, 0.4) is 0 Å². The summed E-state index contributed by atoms with van der Waals surface area (Å²) in [4.78, 5) is 10.2. The van der Waals surface area contributed by atoms with Gasteiger partial charge in [-0.15, -0.1) is 0 Å². The minimum absolute atomic E-state index is 0. The first-order valence-corrected chi connectivity index (χ1v) is 3.17. The molecule has 0 amide bonds. The van der Waals surface area contributed by atoms with E-state index in [-0.39, 0.29) is 26.2 Å². The Balaban J connectivity index is 0.00000121. The van der Waals surface area contributed by atoms with E-state index >= 15 is 0 Å². The quantitative estimate of drug-likeness (QED) is 0.808. The van der Waals surface area contributed by atoms with Gasteiger partial charge in [-0.2, -0.15) is 0 Å². The summed E-state index contributed by atoms with van der Waals surface area (Å²) in [5.41, 5.74) is 0.403. The van der Waals surface area contributed by atoms with Crippen molar-refractivity contribution in [1.29, 1.82) is 0 Å². The molecule has 0 aliphatic heterocycles. The second kappa shape index (κ2) is 5.23. The van der Waals surface area contributed by atoms with Crippen LogP contribution in [0.2, 0.25) is 0 Å². The minimum Gasteiger partial charge on any atom is -0.479 e. The molecular formula is C8H8O3Zr. The van der Waals surface area contributed by atoms with E-state index in [1.54, 1.807) is 30.3 Å². The third kappa shape index (κ3) is 2.88. The maximum Gasteiger partial charge on any atom is 0.337 e. The Bertz CT molecular complexity index is 248. The van der Waals surface area contributed by atoms with E-state index in [0.29, 0.717) is 5.56 Å². The third-order valence-electron chi connectivity index (χ3n) is 1.35. The molecule has 4 heteroatoms. The first kappa shape index (κ1) is 11.5.